The third kappa shape index (κ3) is 4.09. The van der Waals surface area contributed by atoms with Crippen molar-refractivity contribution in [3.8, 4) is 0 Å². The van der Waals surface area contributed by atoms with Crippen molar-refractivity contribution in [1.29, 1.82) is 0 Å². The average Bonchev–Trinajstić information content (AvgIpc) is 2.94. The highest BCUT2D eigenvalue weighted by Crippen LogP contribution is 2.33. The first kappa shape index (κ1) is 11.5. The Labute approximate surface area is 85.9 Å². The summed E-state index contributed by atoms with van der Waals surface area (Å²) in [6.45, 7) is 4.64. The van der Waals surface area contributed by atoms with Crippen molar-refractivity contribution in [2.24, 2.45) is 11.8 Å². The molecule has 0 saturated heterocycles. The zero-order valence-corrected chi connectivity index (χ0v) is 9.12. The lowest BCUT2D eigenvalue weighted by Gasteiger charge is -2.17. The minimum absolute atomic E-state index is 0.0757. The number of carbonyl (C=O) groups is 1. The predicted octanol–water partition coefficient (Wildman–Crippen LogP) is 1.88. The largest absolute Gasteiger partial charge is 0.481 e. The Hall–Kier alpha value is -0.570. The first-order chi connectivity index (χ1) is 6.61. The van der Waals surface area contributed by atoms with Gasteiger partial charge in [-0.25, -0.2) is 0 Å². The van der Waals surface area contributed by atoms with Gasteiger partial charge in [0, 0.05) is 6.04 Å². The lowest BCUT2D eigenvalue weighted by Crippen LogP contribution is -2.36. The third-order valence-corrected chi connectivity index (χ3v) is 3.09. The lowest BCUT2D eigenvalue weighted by atomic mass is 10.0. The molecule has 14 heavy (non-hydrogen) atoms. The second-order valence-corrected chi connectivity index (χ2v) is 4.46. The van der Waals surface area contributed by atoms with Gasteiger partial charge in [-0.15, -0.1) is 0 Å². The van der Waals surface area contributed by atoms with Crippen LogP contribution in [0.15, 0.2) is 0 Å². The molecule has 82 valence electrons. The molecular formula is C11H21NO2. The van der Waals surface area contributed by atoms with Gasteiger partial charge in [0.05, 0.1) is 5.92 Å². The smallest absolute Gasteiger partial charge is 0.307 e. The van der Waals surface area contributed by atoms with Crippen molar-refractivity contribution in [3.05, 3.63) is 0 Å². The minimum atomic E-state index is -0.716. The normalized spacial score (nSPS) is 20.4. The molecule has 1 aliphatic carbocycles. The summed E-state index contributed by atoms with van der Waals surface area (Å²) in [6.07, 6.45) is 5.30. The summed E-state index contributed by atoms with van der Waals surface area (Å²) in [7, 11) is 0. The van der Waals surface area contributed by atoms with E-state index in [9.17, 15) is 4.79 Å². The van der Waals surface area contributed by atoms with Crippen molar-refractivity contribution in [3.63, 3.8) is 0 Å². The number of rotatable bonds is 7. The zero-order valence-electron chi connectivity index (χ0n) is 9.12. The Kier molecular flexibility index (Phi) is 4.39. The van der Waals surface area contributed by atoms with Gasteiger partial charge >= 0.3 is 5.97 Å². The number of hydrogen-bond acceptors (Lipinski definition) is 2. The van der Waals surface area contributed by atoms with Crippen molar-refractivity contribution in [1.82, 2.24) is 5.32 Å². The quantitative estimate of drug-likeness (QED) is 0.615. The molecule has 0 spiro atoms. The van der Waals surface area contributed by atoms with Crippen molar-refractivity contribution in [2.45, 2.75) is 45.6 Å². The maximum Gasteiger partial charge on any atom is 0.307 e. The van der Waals surface area contributed by atoms with Crippen LogP contribution in [0.3, 0.4) is 0 Å². The zero-order chi connectivity index (χ0) is 10.6. The van der Waals surface area contributed by atoms with Crippen LogP contribution in [0, 0.1) is 11.8 Å². The molecule has 0 aromatic heterocycles. The van der Waals surface area contributed by atoms with Crippen LogP contribution >= 0.6 is 0 Å². The second-order valence-electron chi connectivity index (χ2n) is 4.46. The maximum absolute atomic E-state index is 10.7. The van der Waals surface area contributed by atoms with Gasteiger partial charge in [-0.1, -0.05) is 19.8 Å². The fraction of sp³-hybridized carbons (Fsp3) is 0.909. The van der Waals surface area contributed by atoms with Gasteiger partial charge < -0.3 is 10.4 Å². The van der Waals surface area contributed by atoms with Gasteiger partial charge in [-0.3, -0.25) is 4.79 Å². The topological polar surface area (TPSA) is 49.3 Å². The van der Waals surface area contributed by atoms with E-state index in [0.717, 1.165) is 12.5 Å². The molecule has 1 fully saturated rings. The summed E-state index contributed by atoms with van der Waals surface area (Å²) >= 11 is 0. The summed E-state index contributed by atoms with van der Waals surface area (Å²) in [5.41, 5.74) is 0. The fourth-order valence-corrected chi connectivity index (χ4v) is 1.52. The molecule has 2 N–H and O–H groups in total. The fourth-order valence-electron chi connectivity index (χ4n) is 1.52. The second kappa shape index (κ2) is 5.35. The number of nitrogens with one attached hydrogen (secondary N) is 1. The first-order valence-electron chi connectivity index (χ1n) is 5.57. The Morgan fingerprint density at radius 2 is 2.14 bits per heavy atom. The SMILES string of the molecule is CC(NCCCC1CC1)C(C)C(=O)O. The van der Waals surface area contributed by atoms with Crippen LogP contribution in [0.5, 0.6) is 0 Å². The number of hydrogen-bond donors (Lipinski definition) is 2. The molecular weight excluding hydrogens is 178 g/mol. The molecule has 2 atom stereocenters. The van der Waals surface area contributed by atoms with Crippen LogP contribution in [0.1, 0.15) is 39.5 Å². The molecule has 0 bridgehead atoms. The van der Waals surface area contributed by atoms with E-state index < -0.39 is 5.97 Å². The van der Waals surface area contributed by atoms with Crippen LogP contribution in [0.2, 0.25) is 0 Å². The Morgan fingerprint density at radius 1 is 1.50 bits per heavy atom. The van der Waals surface area contributed by atoms with E-state index in [1.54, 1.807) is 6.92 Å². The molecule has 3 nitrogen and oxygen atoms in total. The van der Waals surface area contributed by atoms with E-state index in [0.29, 0.717) is 0 Å². The molecule has 1 saturated carbocycles. The molecule has 0 amide bonds. The highest BCUT2D eigenvalue weighted by atomic mass is 16.4. The van der Waals surface area contributed by atoms with Gasteiger partial charge in [0.2, 0.25) is 0 Å². The van der Waals surface area contributed by atoms with E-state index in [2.05, 4.69) is 5.32 Å². The van der Waals surface area contributed by atoms with E-state index in [4.69, 9.17) is 5.11 Å². The van der Waals surface area contributed by atoms with Crippen LogP contribution in [0.25, 0.3) is 0 Å². The molecule has 0 radical (unpaired) electrons. The highest BCUT2D eigenvalue weighted by molar-refractivity contribution is 5.70. The maximum atomic E-state index is 10.7. The van der Waals surface area contributed by atoms with E-state index in [-0.39, 0.29) is 12.0 Å². The van der Waals surface area contributed by atoms with Crippen LogP contribution in [-0.4, -0.2) is 23.7 Å². The van der Waals surface area contributed by atoms with E-state index >= 15 is 0 Å². The summed E-state index contributed by atoms with van der Waals surface area (Å²) < 4.78 is 0. The van der Waals surface area contributed by atoms with Crippen molar-refractivity contribution >= 4 is 5.97 Å². The lowest BCUT2D eigenvalue weighted by molar-refractivity contribution is -0.141. The van der Waals surface area contributed by atoms with Crippen LogP contribution < -0.4 is 5.32 Å². The highest BCUT2D eigenvalue weighted by Gasteiger charge is 2.21. The summed E-state index contributed by atoms with van der Waals surface area (Å²) in [6, 6.07) is 0.0757. The molecule has 0 aromatic rings. The van der Waals surface area contributed by atoms with E-state index in [1.807, 2.05) is 6.92 Å². The van der Waals surface area contributed by atoms with Gasteiger partial charge in [0.25, 0.3) is 0 Å². The third-order valence-electron chi connectivity index (χ3n) is 3.09. The predicted molar refractivity (Wildman–Crippen MR) is 56.2 cm³/mol. The molecule has 0 heterocycles. The number of carboxylic acid groups (broad SMARTS) is 1. The molecule has 0 aliphatic heterocycles. The minimum Gasteiger partial charge on any atom is -0.481 e. The summed E-state index contributed by atoms with van der Waals surface area (Å²) in [5, 5.41) is 12.0. The van der Waals surface area contributed by atoms with Crippen molar-refractivity contribution in [2.75, 3.05) is 6.54 Å². The Balaban J connectivity index is 2.00. The van der Waals surface area contributed by atoms with Crippen molar-refractivity contribution < 1.29 is 9.90 Å². The first-order valence-corrected chi connectivity index (χ1v) is 5.57. The Bertz CT molecular complexity index is 190. The van der Waals surface area contributed by atoms with Gasteiger partial charge in [-0.05, 0) is 32.2 Å². The summed E-state index contributed by atoms with van der Waals surface area (Å²) in [5.74, 6) is -0.0351. The Morgan fingerprint density at radius 3 is 2.64 bits per heavy atom. The molecule has 0 aromatic carbocycles. The van der Waals surface area contributed by atoms with Gasteiger partial charge in [0.15, 0.2) is 0 Å². The van der Waals surface area contributed by atoms with Gasteiger partial charge in [-0.2, -0.15) is 0 Å². The number of aliphatic carboxylic acids is 1. The van der Waals surface area contributed by atoms with E-state index in [1.165, 1.54) is 25.7 Å². The van der Waals surface area contributed by atoms with Gasteiger partial charge in [0.1, 0.15) is 0 Å². The molecule has 1 aliphatic rings. The van der Waals surface area contributed by atoms with Crippen LogP contribution in [-0.2, 0) is 4.79 Å². The standard InChI is InChI=1S/C11H21NO2/c1-8(11(13)14)9(2)12-7-3-4-10-5-6-10/h8-10,12H,3-7H2,1-2H3,(H,13,14). The molecule has 2 unspecified atom stereocenters. The average molecular weight is 199 g/mol. The van der Waals surface area contributed by atoms with Crippen LogP contribution in [0.4, 0.5) is 0 Å². The number of carboxylic acids is 1. The molecule has 3 heteroatoms. The molecule has 1 rings (SSSR count). The summed E-state index contributed by atoms with van der Waals surface area (Å²) in [4.78, 5) is 10.7. The monoisotopic (exact) mass is 199 g/mol.